The van der Waals surface area contributed by atoms with Crippen molar-refractivity contribution in [1.29, 1.82) is 0 Å². The van der Waals surface area contributed by atoms with E-state index in [1.165, 1.54) is 6.92 Å². The van der Waals surface area contributed by atoms with Crippen molar-refractivity contribution in [2.45, 2.75) is 65.2 Å². The van der Waals surface area contributed by atoms with Crippen molar-refractivity contribution in [1.82, 2.24) is 14.6 Å². The fourth-order valence-electron chi connectivity index (χ4n) is 3.63. The van der Waals surface area contributed by atoms with E-state index in [1.54, 1.807) is 68.8 Å². The molecule has 13 heteroatoms. The number of H-pyrrole nitrogens is 1. The van der Waals surface area contributed by atoms with Crippen LogP contribution in [0.4, 0.5) is 0 Å². The van der Waals surface area contributed by atoms with Crippen LogP contribution in [-0.2, 0) is 23.4 Å². The summed E-state index contributed by atoms with van der Waals surface area (Å²) in [4.78, 5) is 26.7. The van der Waals surface area contributed by atoms with Crippen molar-refractivity contribution in [3.63, 3.8) is 0 Å². The molecule has 6 atom stereocenters. The number of aliphatic hydroxyl groups excluding tert-OH is 1. The molecule has 36 heavy (non-hydrogen) atoms. The summed E-state index contributed by atoms with van der Waals surface area (Å²) < 4.78 is 37.8. The summed E-state index contributed by atoms with van der Waals surface area (Å²) in [6.07, 6.45) is -1.39. The third-order valence-electron chi connectivity index (χ3n) is 5.54. The lowest BCUT2D eigenvalue weighted by atomic mass is 10.0. The zero-order chi connectivity index (χ0) is 26.6. The van der Waals surface area contributed by atoms with Gasteiger partial charge < -0.3 is 19.1 Å². The van der Waals surface area contributed by atoms with Crippen LogP contribution in [0.3, 0.4) is 0 Å². The number of ether oxygens (including phenoxy) is 2. The number of aryl methyl sites for hydroxylation is 1. The molecule has 2 heterocycles. The van der Waals surface area contributed by atoms with Crippen LogP contribution in [0.5, 0.6) is 5.75 Å². The van der Waals surface area contributed by atoms with Crippen molar-refractivity contribution < 1.29 is 33.0 Å². The normalized spacial score (nSPS) is 24.3. The quantitative estimate of drug-likeness (QED) is 0.233. The fraction of sp³-hybridized carbons (Fsp3) is 0.522. The number of carbonyl (C=O) groups excluding carboxylic acids is 1. The topological polar surface area (TPSA) is 141 Å². The highest BCUT2D eigenvalue weighted by Gasteiger charge is 2.44. The molecule has 0 saturated carbocycles. The van der Waals surface area contributed by atoms with Crippen LogP contribution >= 0.6 is 20.0 Å². The summed E-state index contributed by atoms with van der Waals surface area (Å²) in [6.45, 7) is 7.96. The molecule has 1 fully saturated rings. The predicted molar refractivity (Wildman–Crippen MR) is 134 cm³/mol. The van der Waals surface area contributed by atoms with Gasteiger partial charge in [0.05, 0.1) is 18.8 Å². The monoisotopic (exact) mass is 541 g/mol. The van der Waals surface area contributed by atoms with Gasteiger partial charge in [0.1, 0.15) is 24.1 Å². The maximum absolute atomic E-state index is 13.7. The maximum Gasteiger partial charge on any atom is 0.459 e. The first-order chi connectivity index (χ1) is 16.9. The van der Waals surface area contributed by atoms with Crippen LogP contribution in [0.25, 0.3) is 0 Å². The molecule has 198 valence electrons. The number of hydrogen-bond acceptors (Lipinski definition) is 9. The van der Waals surface area contributed by atoms with E-state index in [1.807, 2.05) is 0 Å². The van der Waals surface area contributed by atoms with E-state index in [2.05, 4.69) is 10.1 Å². The molecule has 0 aliphatic carbocycles. The highest BCUT2D eigenvalue weighted by atomic mass is 32.1. The number of para-hydroxylation sites is 1. The smallest absolute Gasteiger partial charge is 0.459 e. The van der Waals surface area contributed by atoms with Gasteiger partial charge in [-0.3, -0.25) is 23.7 Å². The number of nitrogens with zero attached hydrogens (tertiary/aromatic N) is 1. The number of aliphatic hydroxyl groups is 1. The fourth-order valence-corrected chi connectivity index (χ4v) is 5.38. The lowest BCUT2D eigenvalue weighted by Crippen LogP contribution is -2.37. The number of nitrogens with one attached hydrogen (secondary N) is 2. The Morgan fingerprint density at radius 1 is 1.31 bits per heavy atom. The lowest BCUT2D eigenvalue weighted by molar-refractivity contribution is -0.149. The lowest BCUT2D eigenvalue weighted by Gasteiger charge is -2.25. The summed E-state index contributed by atoms with van der Waals surface area (Å²) in [5.41, 5.74) is 0.123. The van der Waals surface area contributed by atoms with Gasteiger partial charge >= 0.3 is 13.7 Å². The minimum Gasteiger partial charge on any atom is -0.462 e. The SMILES string of the molecule is Cc1cn([C@H]2OC(COP(=O)(N[C@@H](C)C(=O)OC(C)C)Oc3ccccc3)[C@@H](O)C2C)c(=S)[nH]c1=O. The molecule has 1 aliphatic heterocycles. The first kappa shape index (κ1) is 28.2. The second kappa shape index (κ2) is 11.8. The molecule has 0 radical (unpaired) electrons. The second-order valence-electron chi connectivity index (χ2n) is 8.93. The van der Waals surface area contributed by atoms with Gasteiger partial charge in [0.25, 0.3) is 5.56 Å². The minimum atomic E-state index is -4.13. The van der Waals surface area contributed by atoms with Crippen molar-refractivity contribution in [3.05, 3.63) is 57.2 Å². The van der Waals surface area contributed by atoms with Crippen LogP contribution in [0.1, 0.15) is 39.5 Å². The molecule has 1 aromatic carbocycles. The van der Waals surface area contributed by atoms with Crippen molar-refractivity contribution in [2.24, 2.45) is 5.92 Å². The van der Waals surface area contributed by atoms with E-state index in [0.717, 1.165) is 0 Å². The zero-order valence-electron chi connectivity index (χ0n) is 20.7. The highest BCUT2D eigenvalue weighted by Crippen LogP contribution is 2.46. The Balaban J connectivity index is 1.77. The van der Waals surface area contributed by atoms with Crippen molar-refractivity contribution in [2.75, 3.05) is 6.61 Å². The van der Waals surface area contributed by atoms with Gasteiger partial charge in [0, 0.05) is 17.7 Å². The highest BCUT2D eigenvalue weighted by molar-refractivity contribution is 7.71. The Morgan fingerprint density at radius 3 is 2.61 bits per heavy atom. The first-order valence-corrected chi connectivity index (χ1v) is 13.5. The Labute approximate surface area is 214 Å². The largest absolute Gasteiger partial charge is 0.462 e. The molecule has 0 bridgehead atoms. The van der Waals surface area contributed by atoms with Gasteiger partial charge in [-0.1, -0.05) is 25.1 Å². The van der Waals surface area contributed by atoms with E-state index in [4.69, 9.17) is 30.7 Å². The van der Waals surface area contributed by atoms with Gasteiger partial charge in [0.15, 0.2) is 4.77 Å². The van der Waals surface area contributed by atoms with Crippen LogP contribution in [0.15, 0.2) is 41.3 Å². The maximum atomic E-state index is 13.7. The van der Waals surface area contributed by atoms with Crippen LogP contribution < -0.4 is 15.2 Å². The summed E-state index contributed by atoms with van der Waals surface area (Å²) in [5.74, 6) is -0.802. The summed E-state index contributed by atoms with van der Waals surface area (Å²) >= 11 is 5.26. The average molecular weight is 542 g/mol. The Morgan fingerprint density at radius 2 is 1.97 bits per heavy atom. The zero-order valence-corrected chi connectivity index (χ0v) is 22.5. The number of rotatable bonds is 10. The number of aromatic amines is 1. The molecular formula is C23H32N3O8PS. The molecule has 3 N–H and O–H groups in total. The third kappa shape index (κ3) is 6.90. The Hall–Kier alpha value is -2.34. The van der Waals surface area contributed by atoms with E-state index in [-0.39, 0.29) is 28.8 Å². The molecule has 3 unspecified atom stereocenters. The molecule has 1 saturated heterocycles. The number of benzene rings is 1. The molecule has 0 amide bonds. The first-order valence-electron chi connectivity index (χ1n) is 11.5. The molecule has 1 aliphatic rings. The second-order valence-corrected chi connectivity index (χ2v) is 11.0. The van der Waals surface area contributed by atoms with Gasteiger partial charge in [-0.2, -0.15) is 5.09 Å². The number of carbonyl (C=O) groups is 1. The third-order valence-corrected chi connectivity index (χ3v) is 7.49. The van der Waals surface area contributed by atoms with E-state index in [0.29, 0.717) is 5.56 Å². The number of hydrogen-bond donors (Lipinski definition) is 3. The number of esters is 1. The summed E-state index contributed by atoms with van der Waals surface area (Å²) in [5, 5.41) is 13.4. The van der Waals surface area contributed by atoms with Gasteiger partial charge in [-0.25, -0.2) is 4.57 Å². The molecular weight excluding hydrogens is 509 g/mol. The molecule has 11 nitrogen and oxygen atoms in total. The summed E-state index contributed by atoms with van der Waals surface area (Å²) in [6, 6.07) is 7.33. The predicted octanol–water partition coefficient (Wildman–Crippen LogP) is 3.24. The molecule has 3 rings (SSSR count). The van der Waals surface area contributed by atoms with Crippen LogP contribution in [-0.4, -0.2) is 51.6 Å². The minimum absolute atomic E-state index is 0.147. The van der Waals surface area contributed by atoms with Crippen LogP contribution in [0.2, 0.25) is 0 Å². The Kier molecular flexibility index (Phi) is 9.26. The van der Waals surface area contributed by atoms with E-state index < -0.39 is 44.1 Å². The molecule has 1 aromatic heterocycles. The standard InChI is InChI=1S/C23H32N3O8PS/c1-13(2)32-22(29)16(5)25-35(30,34-17-9-7-6-8-10-17)31-12-18-19(27)15(4)21(33-18)26-11-14(3)20(28)24-23(26)36/h6-11,13,15-16,18-19,21,27H,12H2,1-5H3,(H,25,30)(H,24,28,36)/t15?,16-,18?,19-,21-,35?/m0/s1. The Bertz CT molecular complexity index is 1220. The van der Waals surface area contributed by atoms with Crippen molar-refractivity contribution >= 4 is 25.9 Å². The van der Waals surface area contributed by atoms with Crippen molar-refractivity contribution in [3.8, 4) is 5.75 Å². The van der Waals surface area contributed by atoms with Gasteiger partial charge in [-0.05, 0) is 52.0 Å². The van der Waals surface area contributed by atoms with E-state index in [9.17, 15) is 19.3 Å². The average Bonchev–Trinajstić information content (AvgIpc) is 3.08. The van der Waals surface area contributed by atoms with Gasteiger partial charge in [-0.15, -0.1) is 0 Å². The number of aromatic nitrogens is 2. The van der Waals surface area contributed by atoms with E-state index >= 15 is 0 Å². The van der Waals surface area contributed by atoms with Crippen LogP contribution in [0, 0.1) is 17.6 Å². The molecule has 2 aromatic rings. The molecule has 0 spiro atoms. The van der Waals surface area contributed by atoms with Gasteiger partial charge in [0.2, 0.25) is 0 Å². The summed E-state index contributed by atoms with van der Waals surface area (Å²) in [7, 11) is -4.13.